The average molecular weight is 245 g/mol. The van der Waals surface area contributed by atoms with Crippen molar-refractivity contribution in [3.63, 3.8) is 0 Å². The van der Waals surface area contributed by atoms with Gasteiger partial charge < -0.3 is 5.73 Å². The molecule has 1 nitrogen and oxygen atoms in total. The van der Waals surface area contributed by atoms with Crippen LogP contribution in [0.2, 0.25) is 0 Å². The van der Waals surface area contributed by atoms with Gasteiger partial charge >= 0.3 is 0 Å². The summed E-state index contributed by atoms with van der Waals surface area (Å²) >= 11 is 0. The van der Waals surface area contributed by atoms with E-state index in [1.54, 1.807) is 0 Å². The maximum absolute atomic E-state index is 13.1. The van der Waals surface area contributed by atoms with Gasteiger partial charge in [-0.05, 0) is 43.4 Å². The van der Waals surface area contributed by atoms with Gasteiger partial charge in [0.15, 0.2) is 0 Å². The number of hydrogen-bond acceptors (Lipinski definition) is 1. The molecule has 0 saturated heterocycles. The lowest BCUT2D eigenvalue weighted by molar-refractivity contribution is -0.0512. The summed E-state index contributed by atoms with van der Waals surface area (Å²) in [6.07, 6.45) is 6.33. The van der Waals surface area contributed by atoms with Crippen LogP contribution >= 0.6 is 0 Å². The molecular formula is C14H25F2N. The fraction of sp³-hybridized carbons (Fsp3) is 1.00. The molecule has 0 bridgehead atoms. The third kappa shape index (κ3) is 3.40. The highest BCUT2D eigenvalue weighted by atomic mass is 19.3. The van der Waals surface area contributed by atoms with Crippen LogP contribution in [0.5, 0.6) is 0 Å². The van der Waals surface area contributed by atoms with Gasteiger partial charge in [-0.2, -0.15) is 0 Å². The van der Waals surface area contributed by atoms with E-state index in [4.69, 9.17) is 5.73 Å². The Morgan fingerprint density at radius 1 is 1.06 bits per heavy atom. The van der Waals surface area contributed by atoms with E-state index in [9.17, 15) is 8.78 Å². The largest absolute Gasteiger partial charge is 0.327 e. The molecule has 0 aromatic carbocycles. The summed E-state index contributed by atoms with van der Waals surface area (Å²) in [4.78, 5) is 0. The van der Waals surface area contributed by atoms with Gasteiger partial charge in [0.2, 0.25) is 5.92 Å². The maximum Gasteiger partial charge on any atom is 0.248 e. The minimum atomic E-state index is -2.42. The van der Waals surface area contributed by atoms with Gasteiger partial charge in [-0.25, -0.2) is 8.78 Å². The van der Waals surface area contributed by atoms with Crippen LogP contribution in [-0.4, -0.2) is 12.0 Å². The molecule has 0 spiro atoms. The molecule has 0 radical (unpaired) electrons. The van der Waals surface area contributed by atoms with E-state index in [1.165, 1.54) is 25.7 Å². The summed E-state index contributed by atoms with van der Waals surface area (Å²) in [7, 11) is 0. The summed E-state index contributed by atoms with van der Waals surface area (Å²) in [6, 6.07) is 0.161. The second-order valence-corrected chi connectivity index (χ2v) is 6.30. The van der Waals surface area contributed by atoms with Gasteiger partial charge in [0.25, 0.3) is 0 Å². The zero-order chi connectivity index (χ0) is 12.5. The molecule has 0 amide bonds. The predicted molar refractivity (Wildman–Crippen MR) is 66.0 cm³/mol. The Balaban J connectivity index is 1.85. The van der Waals surface area contributed by atoms with Crippen LogP contribution < -0.4 is 5.73 Å². The van der Waals surface area contributed by atoms with Crippen molar-refractivity contribution in [3.05, 3.63) is 0 Å². The van der Waals surface area contributed by atoms with Crippen LogP contribution in [0.4, 0.5) is 8.78 Å². The first-order valence-corrected chi connectivity index (χ1v) is 7.11. The second kappa shape index (κ2) is 5.21. The maximum atomic E-state index is 13.1. The molecule has 2 aliphatic rings. The summed E-state index contributed by atoms with van der Waals surface area (Å²) in [5, 5.41) is 0. The van der Waals surface area contributed by atoms with Crippen LogP contribution in [-0.2, 0) is 0 Å². The van der Waals surface area contributed by atoms with E-state index in [1.807, 2.05) is 0 Å². The molecule has 2 fully saturated rings. The van der Waals surface area contributed by atoms with Crippen molar-refractivity contribution < 1.29 is 8.78 Å². The summed E-state index contributed by atoms with van der Waals surface area (Å²) in [6.45, 7) is 2.29. The molecule has 0 aliphatic heterocycles. The van der Waals surface area contributed by atoms with Gasteiger partial charge in [0.05, 0.1) is 0 Å². The Kier molecular flexibility index (Phi) is 4.06. The fourth-order valence-corrected chi connectivity index (χ4v) is 3.66. The molecule has 2 rings (SSSR count). The third-order valence-corrected chi connectivity index (χ3v) is 4.83. The lowest BCUT2D eigenvalue weighted by Gasteiger charge is -2.38. The molecule has 0 heterocycles. The summed E-state index contributed by atoms with van der Waals surface area (Å²) in [5.74, 6) is -0.735. The number of alkyl halides is 2. The molecule has 2 saturated carbocycles. The summed E-state index contributed by atoms with van der Waals surface area (Å²) in [5.41, 5.74) is 6.33. The van der Waals surface area contributed by atoms with Crippen LogP contribution in [0.15, 0.2) is 0 Å². The van der Waals surface area contributed by atoms with Gasteiger partial charge in [0.1, 0.15) is 0 Å². The monoisotopic (exact) mass is 245 g/mol. The van der Waals surface area contributed by atoms with Gasteiger partial charge in [-0.15, -0.1) is 0 Å². The zero-order valence-corrected chi connectivity index (χ0v) is 10.8. The molecule has 17 heavy (non-hydrogen) atoms. The second-order valence-electron chi connectivity index (χ2n) is 6.30. The highest BCUT2D eigenvalue weighted by Crippen LogP contribution is 2.41. The van der Waals surface area contributed by atoms with E-state index in [2.05, 4.69) is 6.92 Å². The lowest BCUT2D eigenvalue weighted by atomic mass is 9.71. The van der Waals surface area contributed by atoms with E-state index in [0.29, 0.717) is 24.7 Å². The zero-order valence-electron chi connectivity index (χ0n) is 10.8. The van der Waals surface area contributed by atoms with Crippen LogP contribution in [0.3, 0.4) is 0 Å². The fourth-order valence-electron chi connectivity index (χ4n) is 3.66. The number of halogens is 2. The number of hydrogen-bond donors (Lipinski definition) is 1. The van der Waals surface area contributed by atoms with Crippen LogP contribution in [0.1, 0.15) is 58.3 Å². The van der Waals surface area contributed by atoms with E-state index >= 15 is 0 Å². The normalized spacial score (nSPS) is 36.7. The van der Waals surface area contributed by atoms with E-state index in [-0.39, 0.29) is 18.9 Å². The van der Waals surface area contributed by atoms with Gasteiger partial charge in [-0.3, -0.25) is 0 Å². The first-order chi connectivity index (χ1) is 7.98. The Hall–Kier alpha value is -0.180. The van der Waals surface area contributed by atoms with E-state index < -0.39 is 5.92 Å². The predicted octanol–water partition coefficient (Wildman–Crippen LogP) is 3.97. The Morgan fingerprint density at radius 3 is 2.29 bits per heavy atom. The number of nitrogens with two attached hydrogens (primary N) is 1. The molecule has 100 valence electrons. The third-order valence-electron chi connectivity index (χ3n) is 4.83. The van der Waals surface area contributed by atoms with Crippen molar-refractivity contribution in [2.24, 2.45) is 23.5 Å². The molecule has 2 N–H and O–H groups in total. The molecule has 3 heteroatoms. The molecule has 3 atom stereocenters. The quantitative estimate of drug-likeness (QED) is 0.782. The van der Waals surface area contributed by atoms with Crippen molar-refractivity contribution in [2.75, 3.05) is 0 Å². The van der Waals surface area contributed by atoms with Crippen molar-refractivity contribution in [2.45, 2.75) is 70.3 Å². The van der Waals surface area contributed by atoms with E-state index in [0.717, 1.165) is 5.92 Å². The molecule has 2 aliphatic carbocycles. The first kappa shape index (κ1) is 13.3. The van der Waals surface area contributed by atoms with Crippen molar-refractivity contribution >= 4 is 0 Å². The average Bonchev–Trinajstić information content (AvgIpc) is 2.28. The molecule has 0 aromatic rings. The van der Waals surface area contributed by atoms with Crippen molar-refractivity contribution in [1.82, 2.24) is 0 Å². The van der Waals surface area contributed by atoms with Crippen LogP contribution in [0, 0.1) is 17.8 Å². The Morgan fingerprint density at radius 2 is 1.71 bits per heavy atom. The number of rotatable bonds is 2. The van der Waals surface area contributed by atoms with Gasteiger partial charge in [-0.1, -0.05) is 19.8 Å². The highest BCUT2D eigenvalue weighted by Gasteiger charge is 2.39. The molecule has 0 aromatic heterocycles. The minimum absolute atomic E-state index is 0.0492. The van der Waals surface area contributed by atoms with Crippen molar-refractivity contribution in [3.8, 4) is 0 Å². The summed E-state index contributed by atoms with van der Waals surface area (Å²) < 4.78 is 26.2. The van der Waals surface area contributed by atoms with Gasteiger partial charge in [0, 0.05) is 18.9 Å². The smallest absolute Gasteiger partial charge is 0.248 e. The first-order valence-electron chi connectivity index (χ1n) is 7.11. The van der Waals surface area contributed by atoms with Crippen LogP contribution in [0.25, 0.3) is 0 Å². The topological polar surface area (TPSA) is 26.0 Å². The van der Waals surface area contributed by atoms with Crippen molar-refractivity contribution in [1.29, 1.82) is 0 Å². The Bertz CT molecular complexity index is 245. The lowest BCUT2D eigenvalue weighted by Crippen LogP contribution is -2.42. The highest BCUT2D eigenvalue weighted by molar-refractivity contribution is 4.88. The SMILES string of the molecule is CC1CCCC(C(N)C2CCC(F)(F)CC2)C1. The Labute approximate surface area is 103 Å². The standard InChI is InChI=1S/C14H25F2N/c1-10-3-2-4-12(9-10)13(17)11-5-7-14(15,16)8-6-11/h10-13H,2-9,17H2,1H3. The minimum Gasteiger partial charge on any atom is -0.327 e. The molecule has 3 unspecified atom stereocenters. The molecular weight excluding hydrogens is 220 g/mol.